The number of hydrogen-bond donors (Lipinski definition) is 2. The topological polar surface area (TPSA) is 58.6 Å². The molecular weight excluding hydrogens is 334 g/mol. The molecule has 0 aliphatic heterocycles. The van der Waals surface area contributed by atoms with Gasteiger partial charge in [0.05, 0.1) is 16.2 Å². The molecule has 0 bridgehead atoms. The van der Waals surface area contributed by atoms with Gasteiger partial charge in [0.15, 0.2) is 0 Å². The fourth-order valence-electron chi connectivity index (χ4n) is 1.46. The maximum atomic E-state index is 12.0. The number of rotatable bonds is 6. The van der Waals surface area contributed by atoms with Crippen LogP contribution in [0.5, 0.6) is 0 Å². The Bertz CT molecular complexity index is 452. The maximum Gasteiger partial charge on any atom is 0.252 e. The largest absolute Gasteiger partial charge is 0.388 e. The van der Waals surface area contributed by atoms with Gasteiger partial charge in [-0.3, -0.25) is 4.79 Å². The van der Waals surface area contributed by atoms with Crippen molar-refractivity contribution in [3.8, 4) is 0 Å². The lowest BCUT2D eigenvalue weighted by Gasteiger charge is -2.23. The van der Waals surface area contributed by atoms with Crippen LogP contribution in [0, 0.1) is 0 Å². The molecule has 6 heteroatoms. The number of carbonyl (C=O) groups excluding carboxylic acids is 1. The molecule has 0 saturated carbocycles. The van der Waals surface area contributed by atoms with E-state index in [1.165, 1.54) is 0 Å². The van der Waals surface area contributed by atoms with E-state index in [0.29, 0.717) is 28.1 Å². The number of nitrogens with one attached hydrogen (secondary N) is 1. The third kappa shape index (κ3) is 5.10. The molecule has 1 amide bonds. The van der Waals surface area contributed by atoms with E-state index in [4.69, 9.17) is 16.3 Å². The first-order valence-corrected chi connectivity index (χ1v) is 6.98. The molecule has 106 valence electrons. The lowest BCUT2D eigenvalue weighted by molar-refractivity contribution is 0.0243. The number of hydrogen-bond acceptors (Lipinski definition) is 3. The van der Waals surface area contributed by atoms with Crippen LogP contribution in [0.4, 0.5) is 0 Å². The van der Waals surface area contributed by atoms with Crippen LogP contribution >= 0.6 is 27.5 Å². The number of benzene rings is 1. The molecule has 0 aliphatic carbocycles. The Kier molecular flexibility index (Phi) is 6.26. The fraction of sp³-hybridized carbons (Fsp3) is 0.462. The summed E-state index contributed by atoms with van der Waals surface area (Å²) in [5, 5.41) is 13.1. The zero-order chi connectivity index (χ0) is 14.5. The number of aliphatic hydroxyl groups is 1. The van der Waals surface area contributed by atoms with Gasteiger partial charge in [0.2, 0.25) is 0 Å². The van der Waals surface area contributed by atoms with E-state index >= 15 is 0 Å². The zero-order valence-electron chi connectivity index (χ0n) is 10.9. The first-order chi connectivity index (χ1) is 8.87. The molecule has 1 rings (SSSR count). The van der Waals surface area contributed by atoms with Crippen LogP contribution in [0.3, 0.4) is 0 Å². The van der Waals surface area contributed by atoms with Crippen molar-refractivity contribution in [2.75, 3.05) is 20.3 Å². The monoisotopic (exact) mass is 349 g/mol. The molecule has 1 aromatic rings. The average Bonchev–Trinajstić information content (AvgIpc) is 2.37. The van der Waals surface area contributed by atoms with Crippen molar-refractivity contribution in [1.82, 2.24) is 5.32 Å². The van der Waals surface area contributed by atoms with E-state index in [1.807, 2.05) is 0 Å². The molecule has 0 aliphatic rings. The van der Waals surface area contributed by atoms with Crippen LogP contribution in [-0.2, 0) is 4.74 Å². The first kappa shape index (κ1) is 16.4. The summed E-state index contributed by atoms with van der Waals surface area (Å²) in [5.74, 6) is -0.316. The van der Waals surface area contributed by atoms with Crippen molar-refractivity contribution >= 4 is 33.4 Å². The second-order valence-corrected chi connectivity index (χ2v) is 5.76. The second kappa shape index (κ2) is 7.24. The number of methoxy groups -OCH3 is 1. The van der Waals surface area contributed by atoms with Gasteiger partial charge < -0.3 is 15.2 Å². The molecule has 2 N–H and O–H groups in total. The van der Waals surface area contributed by atoms with Crippen molar-refractivity contribution in [2.45, 2.75) is 18.9 Å². The van der Waals surface area contributed by atoms with Gasteiger partial charge in [-0.25, -0.2) is 0 Å². The number of halogens is 2. The summed E-state index contributed by atoms with van der Waals surface area (Å²) in [5.41, 5.74) is -0.636. The summed E-state index contributed by atoms with van der Waals surface area (Å²) in [6.45, 7) is 2.22. The van der Waals surface area contributed by atoms with E-state index < -0.39 is 5.60 Å². The van der Waals surface area contributed by atoms with E-state index in [1.54, 1.807) is 32.2 Å². The molecule has 0 heterocycles. The number of amides is 1. The summed E-state index contributed by atoms with van der Waals surface area (Å²) in [6.07, 6.45) is 0.440. The molecule has 4 nitrogen and oxygen atoms in total. The summed E-state index contributed by atoms with van der Waals surface area (Å²) >= 11 is 9.29. The number of carbonyl (C=O) groups is 1. The summed E-state index contributed by atoms with van der Waals surface area (Å²) in [6, 6.07) is 5.12. The van der Waals surface area contributed by atoms with Crippen LogP contribution < -0.4 is 5.32 Å². The minimum atomic E-state index is -1.01. The molecule has 0 radical (unpaired) electrons. The summed E-state index contributed by atoms with van der Waals surface area (Å²) in [4.78, 5) is 12.0. The predicted molar refractivity (Wildman–Crippen MR) is 78.6 cm³/mol. The van der Waals surface area contributed by atoms with Gasteiger partial charge in [-0.05, 0) is 35.0 Å². The molecule has 1 aromatic carbocycles. The van der Waals surface area contributed by atoms with Crippen LogP contribution in [0.1, 0.15) is 23.7 Å². The van der Waals surface area contributed by atoms with Crippen molar-refractivity contribution in [1.29, 1.82) is 0 Å². The average molecular weight is 351 g/mol. The van der Waals surface area contributed by atoms with Gasteiger partial charge >= 0.3 is 0 Å². The minimum Gasteiger partial charge on any atom is -0.388 e. The standard InChI is InChI=1S/C13H17BrClNO3/c1-13(18,6-7-19-2)8-16-12(17)9-4-3-5-10(14)11(9)15/h3-5,18H,6-8H2,1-2H3,(H,16,17). The Hall–Kier alpha value is -0.620. The Morgan fingerprint density at radius 2 is 2.26 bits per heavy atom. The Morgan fingerprint density at radius 3 is 2.89 bits per heavy atom. The van der Waals surface area contributed by atoms with Crippen molar-refractivity contribution in [3.05, 3.63) is 33.3 Å². The third-order valence-corrected chi connectivity index (χ3v) is 3.97. The highest BCUT2D eigenvalue weighted by Gasteiger charge is 2.22. The molecule has 1 atom stereocenters. The summed E-state index contributed by atoms with van der Waals surface area (Å²) < 4.78 is 5.56. The minimum absolute atomic E-state index is 0.137. The van der Waals surface area contributed by atoms with E-state index in [0.717, 1.165) is 0 Å². The lowest BCUT2D eigenvalue weighted by Crippen LogP contribution is -2.41. The fourth-order valence-corrected chi connectivity index (χ4v) is 2.03. The van der Waals surface area contributed by atoms with E-state index in [2.05, 4.69) is 21.2 Å². The highest BCUT2D eigenvalue weighted by Crippen LogP contribution is 2.25. The normalized spacial score (nSPS) is 13.9. The van der Waals surface area contributed by atoms with Crippen molar-refractivity contribution in [3.63, 3.8) is 0 Å². The van der Waals surface area contributed by atoms with Gasteiger partial charge in [-0.15, -0.1) is 0 Å². The Morgan fingerprint density at radius 1 is 1.58 bits per heavy atom. The molecular formula is C13H17BrClNO3. The summed E-state index contributed by atoms with van der Waals surface area (Å²) in [7, 11) is 1.57. The molecule has 0 spiro atoms. The van der Waals surface area contributed by atoms with Gasteiger partial charge in [-0.1, -0.05) is 17.7 Å². The first-order valence-electron chi connectivity index (χ1n) is 5.81. The van der Waals surface area contributed by atoms with Crippen LogP contribution in [0.2, 0.25) is 5.02 Å². The zero-order valence-corrected chi connectivity index (χ0v) is 13.2. The van der Waals surface area contributed by atoms with E-state index in [-0.39, 0.29) is 12.5 Å². The molecule has 0 fully saturated rings. The van der Waals surface area contributed by atoms with Crippen molar-refractivity contribution in [2.24, 2.45) is 0 Å². The van der Waals surface area contributed by atoms with Gasteiger partial charge in [0.1, 0.15) is 0 Å². The van der Waals surface area contributed by atoms with Gasteiger partial charge in [-0.2, -0.15) is 0 Å². The van der Waals surface area contributed by atoms with Gasteiger partial charge in [0.25, 0.3) is 5.91 Å². The van der Waals surface area contributed by atoms with Crippen LogP contribution in [-0.4, -0.2) is 36.9 Å². The van der Waals surface area contributed by atoms with E-state index in [9.17, 15) is 9.90 Å². The second-order valence-electron chi connectivity index (χ2n) is 4.52. The SMILES string of the molecule is COCCC(C)(O)CNC(=O)c1cccc(Br)c1Cl. The third-order valence-electron chi connectivity index (χ3n) is 2.67. The quantitative estimate of drug-likeness (QED) is 0.829. The maximum absolute atomic E-state index is 12.0. The Balaban J connectivity index is 2.63. The lowest BCUT2D eigenvalue weighted by atomic mass is 10.0. The van der Waals surface area contributed by atoms with Crippen molar-refractivity contribution < 1.29 is 14.6 Å². The highest BCUT2D eigenvalue weighted by molar-refractivity contribution is 9.10. The van der Waals surface area contributed by atoms with Crippen LogP contribution in [0.15, 0.2) is 22.7 Å². The molecule has 19 heavy (non-hydrogen) atoms. The highest BCUT2D eigenvalue weighted by atomic mass is 79.9. The predicted octanol–water partition coefficient (Wildman–Crippen LogP) is 2.62. The Labute approximate surface area is 126 Å². The molecule has 0 saturated heterocycles. The smallest absolute Gasteiger partial charge is 0.252 e. The molecule has 0 aromatic heterocycles. The van der Waals surface area contributed by atoms with Crippen LogP contribution in [0.25, 0.3) is 0 Å². The molecule has 1 unspecified atom stereocenters. The number of ether oxygens (including phenoxy) is 1. The van der Waals surface area contributed by atoms with Gasteiger partial charge in [0, 0.05) is 31.2 Å².